The van der Waals surface area contributed by atoms with Gasteiger partial charge in [-0.3, -0.25) is 0 Å². The van der Waals surface area contributed by atoms with Crippen molar-refractivity contribution in [2.24, 2.45) is 5.41 Å². The van der Waals surface area contributed by atoms with E-state index in [4.69, 9.17) is 0 Å². The van der Waals surface area contributed by atoms with Gasteiger partial charge in [0.1, 0.15) is 5.82 Å². The van der Waals surface area contributed by atoms with E-state index in [9.17, 15) is 5.11 Å². The summed E-state index contributed by atoms with van der Waals surface area (Å²) < 4.78 is 1.96. The van der Waals surface area contributed by atoms with Gasteiger partial charge in [0, 0.05) is 41.9 Å². The number of piperidine rings is 2. The van der Waals surface area contributed by atoms with Crippen molar-refractivity contribution in [3.05, 3.63) is 23.5 Å². The van der Waals surface area contributed by atoms with E-state index in [-0.39, 0.29) is 36.8 Å². The van der Waals surface area contributed by atoms with Gasteiger partial charge < -0.3 is 15.3 Å². The molecule has 4 rings (SSSR count). The lowest BCUT2D eigenvalue weighted by atomic mass is 9.70. The minimum absolute atomic E-state index is 0. The molecule has 4 heterocycles. The Morgan fingerprint density at radius 2 is 2.12 bits per heavy atom. The maximum atomic E-state index is 9.99. The van der Waals surface area contributed by atoms with Gasteiger partial charge in [-0.2, -0.15) is 9.61 Å². The van der Waals surface area contributed by atoms with Gasteiger partial charge in [-0.15, -0.1) is 24.8 Å². The first-order valence-corrected chi connectivity index (χ1v) is 8.55. The van der Waals surface area contributed by atoms with Gasteiger partial charge >= 0.3 is 0 Å². The normalized spacial score (nSPS) is 25.9. The fourth-order valence-electron chi connectivity index (χ4n) is 4.29. The molecule has 0 bridgehead atoms. The van der Waals surface area contributed by atoms with E-state index < -0.39 is 0 Å². The first kappa shape index (κ1) is 20.2. The maximum Gasteiger partial charge on any atom is 0.157 e. The average Bonchev–Trinajstić information content (AvgIpc) is 3.03. The van der Waals surface area contributed by atoms with Gasteiger partial charge in [-0.25, -0.2) is 4.98 Å². The van der Waals surface area contributed by atoms with Crippen LogP contribution in [0.25, 0.3) is 5.65 Å². The van der Waals surface area contributed by atoms with Crippen LogP contribution in [0.3, 0.4) is 0 Å². The number of aryl methyl sites for hydroxylation is 1. The molecule has 0 spiro atoms. The Morgan fingerprint density at radius 3 is 2.88 bits per heavy atom. The van der Waals surface area contributed by atoms with Crippen LogP contribution in [-0.2, 0) is 0 Å². The number of aromatic nitrogens is 3. The molecule has 0 aromatic carbocycles. The molecule has 2 fully saturated rings. The second-order valence-electron chi connectivity index (χ2n) is 7.07. The molecule has 2 aromatic heterocycles. The van der Waals surface area contributed by atoms with Crippen LogP contribution in [0, 0.1) is 19.3 Å². The zero-order valence-corrected chi connectivity index (χ0v) is 16.4. The molecule has 0 saturated carbocycles. The van der Waals surface area contributed by atoms with Crippen LogP contribution in [0.4, 0.5) is 5.82 Å². The Labute approximate surface area is 160 Å². The van der Waals surface area contributed by atoms with Crippen molar-refractivity contribution in [2.75, 3.05) is 31.1 Å². The van der Waals surface area contributed by atoms with Crippen LogP contribution in [0.15, 0.2) is 12.3 Å². The summed E-state index contributed by atoms with van der Waals surface area (Å²) in [6, 6.07) is 2.30. The average molecular weight is 388 g/mol. The smallest absolute Gasteiger partial charge is 0.157 e. The van der Waals surface area contributed by atoms with Gasteiger partial charge in [0.15, 0.2) is 5.65 Å². The van der Waals surface area contributed by atoms with Gasteiger partial charge in [-0.05, 0) is 39.7 Å². The summed E-state index contributed by atoms with van der Waals surface area (Å²) in [5, 5.41) is 18.1. The zero-order chi connectivity index (χ0) is 16.0. The highest BCUT2D eigenvalue weighted by Gasteiger charge is 2.44. The zero-order valence-electron chi connectivity index (χ0n) is 14.7. The lowest BCUT2D eigenvalue weighted by Gasteiger charge is -2.50. The molecule has 0 aliphatic carbocycles. The molecule has 2 aliphatic rings. The third kappa shape index (κ3) is 3.21. The molecule has 0 radical (unpaired) electrons. The number of aliphatic hydroxyl groups is 1. The molecule has 0 amide bonds. The molecule has 8 heteroatoms. The molecule has 25 heavy (non-hydrogen) atoms. The molecule has 2 aromatic rings. The fourth-order valence-corrected chi connectivity index (χ4v) is 4.29. The van der Waals surface area contributed by atoms with Crippen molar-refractivity contribution in [1.29, 1.82) is 0 Å². The number of anilines is 1. The van der Waals surface area contributed by atoms with E-state index in [1.54, 1.807) is 0 Å². The Balaban J connectivity index is 0.00000113. The van der Waals surface area contributed by atoms with Gasteiger partial charge in [0.05, 0.1) is 12.8 Å². The highest BCUT2D eigenvalue weighted by Crippen LogP contribution is 2.40. The number of fused-ring (bicyclic) bond motifs is 2. The second-order valence-corrected chi connectivity index (χ2v) is 7.07. The maximum absolute atomic E-state index is 9.99. The summed E-state index contributed by atoms with van der Waals surface area (Å²) in [5.74, 6) is 1.15. The van der Waals surface area contributed by atoms with Crippen LogP contribution >= 0.6 is 24.8 Å². The summed E-state index contributed by atoms with van der Waals surface area (Å²) in [7, 11) is 0. The van der Waals surface area contributed by atoms with Crippen molar-refractivity contribution in [3.63, 3.8) is 0 Å². The standard InChI is InChI=1S/C17H25N5O.2ClH/c1-12-13(2)20-15-4-8-19-22(15)16(12)21-9-6-17(11-23)5-3-7-18-14(17)10-21;;/h4,8,14,18,23H,3,5-7,9-11H2,1-2H3;2*1H/t14-,17-;;/m1../s1. The van der Waals surface area contributed by atoms with Crippen LogP contribution in [0.5, 0.6) is 0 Å². The Kier molecular flexibility index (Phi) is 6.20. The highest BCUT2D eigenvalue weighted by molar-refractivity contribution is 5.85. The molecule has 2 N–H and O–H groups in total. The van der Waals surface area contributed by atoms with Gasteiger partial charge in [-0.1, -0.05) is 0 Å². The molecule has 6 nitrogen and oxygen atoms in total. The van der Waals surface area contributed by atoms with Crippen LogP contribution < -0.4 is 10.2 Å². The number of hydrogen-bond acceptors (Lipinski definition) is 5. The number of aliphatic hydroxyl groups excluding tert-OH is 1. The van der Waals surface area contributed by atoms with Gasteiger partial charge in [0.25, 0.3) is 0 Å². The third-order valence-electron chi connectivity index (χ3n) is 5.86. The molecular formula is C17H27Cl2N5O. The minimum atomic E-state index is 0. The van der Waals surface area contributed by atoms with E-state index >= 15 is 0 Å². The summed E-state index contributed by atoms with van der Waals surface area (Å²) >= 11 is 0. The van der Waals surface area contributed by atoms with Crippen molar-refractivity contribution < 1.29 is 5.11 Å². The predicted molar refractivity (Wildman–Crippen MR) is 104 cm³/mol. The Hall–Kier alpha value is -1.08. The van der Waals surface area contributed by atoms with Crippen molar-refractivity contribution in [3.8, 4) is 0 Å². The molecule has 2 aliphatic heterocycles. The molecular weight excluding hydrogens is 361 g/mol. The minimum Gasteiger partial charge on any atom is -0.396 e. The van der Waals surface area contributed by atoms with Gasteiger partial charge in [0.2, 0.25) is 0 Å². The van der Waals surface area contributed by atoms with Crippen LogP contribution in [-0.4, -0.2) is 52.0 Å². The van der Waals surface area contributed by atoms with Crippen molar-refractivity contribution in [2.45, 2.75) is 39.2 Å². The lowest BCUT2D eigenvalue weighted by Crippen LogP contribution is -2.61. The van der Waals surface area contributed by atoms with E-state index in [0.29, 0.717) is 6.04 Å². The first-order chi connectivity index (χ1) is 11.1. The Morgan fingerprint density at radius 1 is 1.32 bits per heavy atom. The molecule has 2 atom stereocenters. The lowest BCUT2D eigenvalue weighted by molar-refractivity contribution is 0.0336. The summed E-state index contributed by atoms with van der Waals surface area (Å²) in [6.07, 6.45) is 5.12. The molecule has 2 saturated heterocycles. The van der Waals surface area contributed by atoms with Crippen LogP contribution in [0.1, 0.15) is 30.5 Å². The quantitative estimate of drug-likeness (QED) is 0.825. The largest absolute Gasteiger partial charge is 0.396 e. The van der Waals surface area contributed by atoms with E-state index in [1.165, 1.54) is 5.56 Å². The number of nitrogens with one attached hydrogen (secondary N) is 1. The monoisotopic (exact) mass is 387 g/mol. The third-order valence-corrected chi connectivity index (χ3v) is 5.86. The highest BCUT2D eigenvalue weighted by atomic mass is 35.5. The van der Waals surface area contributed by atoms with Crippen molar-refractivity contribution in [1.82, 2.24) is 19.9 Å². The number of nitrogens with zero attached hydrogens (tertiary/aromatic N) is 4. The second kappa shape index (κ2) is 7.66. The summed E-state index contributed by atoms with van der Waals surface area (Å²) in [5.41, 5.74) is 3.20. The topological polar surface area (TPSA) is 65.7 Å². The van der Waals surface area contributed by atoms with Crippen molar-refractivity contribution >= 4 is 36.3 Å². The van der Waals surface area contributed by atoms with E-state index in [0.717, 1.165) is 56.1 Å². The molecule has 0 unspecified atom stereocenters. The van der Waals surface area contributed by atoms with E-state index in [1.807, 2.05) is 16.8 Å². The number of hydrogen-bond donors (Lipinski definition) is 2. The molecule has 140 valence electrons. The van der Waals surface area contributed by atoms with Crippen LogP contribution in [0.2, 0.25) is 0 Å². The van der Waals surface area contributed by atoms with E-state index in [2.05, 4.69) is 34.1 Å². The number of halogens is 2. The fraction of sp³-hybridized carbons (Fsp3) is 0.647. The number of rotatable bonds is 2. The SMILES string of the molecule is Cc1nc2ccnn2c(N2CC[C@@]3(CO)CCCN[C@@H]3C2)c1C.Cl.Cl. The summed E-state index contributed by atoms with van der Waals surface area (Å²) in [6.45, 7) is 7.39. The first-order valence-electron chi connectivity index (χ1n) is 8.55. The Bertz CT molecular complexity index is 737. The predicted octanol–water partition coefficient (Wildman–Crippen LogP) is 2.13. The summed E-state index contributed by atoms with van der Waals surface area (Å²) in [4.78, 5) is 7.04.